The SMILES string of the molecule is Cc1ccc(N2c3ccc(C)cc3B3c4cc(C)ccc4-c4cc(-c5ccc6c(c5)oc5ccccc56)cc2c43)cc1. The molecule has 0 bridgehead atoms. The fourth-order valence-corrected chi connectivity index (χ4v) is 7.28. The van der Waals surface area contributed by atoms with Crippen molar-refractivity contribution in [2.75, 3.05) is 4.90 Å². The summed E-state index contributed by atoms with van der Waals surface area (Å²) < 4.78 is 6.31. The van der Waals surface area contributed by atoms with Gasteiger partial charge in [-0.2, -0.15) is 0 Å². The van der Waals surface area contributed by atoms with Crippen molar-refractivity contribution < 1.29 is 4.42 Å². The van der Waals surface area contributed by atoms with Crippen molar-refractivity contribution in [3.8, 4) is 22.3 Å². The van der Waals surface area contributed by atoms with E-state index in [1.54, 1.807) is 0 Å². The third-order valence-corrected chi connectivity index (χ3v) is 9.24. The molecule has 6 aromatic carbocycles. The predicted molar refractivity (Wildman–Crippen MR) is 178 cm³/mol. The van der Waals surface area contributed by atoms with E-state index in [9.17, 15) is 0 Å². The number of benzene rings is 6. The minimum absolute atomic E-state index is 0.216. The van der Waals surface area contributed by atoms with Gasteiger partial charge < -0.3 is 9.32 Å². The van der Waals surface area contributed by atoms with E-state index in [4.69, 9.17) is 4.42 Å². The second-order valence-electron chi connectivity index (χ2n) is 12.0. The lowest BCUT2D eigenvalue weighted by Gasteiger charge is -2.36. The first-order chi connectivity index (χ1) is 20.5. The number of hydrogen-bond donors (Lipinski definition) is 0. The van der Waals surface area contributed by atoms with Crippen LogP contribution < -0.4 is 21.3 Å². The summed E-state index contributed by atoms with van der Waals surface area (Å²) in [6.45, 7) is 6.78. The van der Waals surface area contributed by atoms with Crippen molar-refractivity contribution in [3.63, 3.8) is 0 Å². The first kappa shape index (κ1) is 23.7. The monoisotopic (exact) mass is 537 g/mol. The van der Waals surface area contributed by atoms with Crippen LogP contribution >= 0.6 is 0 Å². The lowest BCUT2D eigenvalue weighted by atomic mass is 9.37. The third kappa shape index (κ3) is 3.28. The largest absolute Gasteiger partial charge is 0.456 e. The van der Waals surface area contributed by atoms with Gasteiger partial charge in [0.15, 0.2) is 0 Å². The van der Waals surface area contributed by atoms with E-state index in [2.05, 4.69) is 129 Å². The zero-order valence-electron chi connectivity index (χ0n) is 23.9. The first-order valence-corrected chi connectivity index (χ1v) is 14.7. The lowest BCUT2D eigenvalue weighted by molar-refractivity contribution is 0.669. The fourth-order valence-electron chi connectivity index (χ4n) is 7.28. The Morgan fingerprint density at radius 3 is 2.12 bits per heavy atom. The summed E-state index contributed by atoms with van der Waals surface area (Å²) in [5.41, 5.74) is 18.6. The summed E-state index contributed by atoms with van der Waals surface area (Å²) in [7, 11) is 0. The molecule has 0 atom stereocenters. The average Bonchev–Trinajstić information content (AvgIpc) is 3.53. The third-order valence-electron chi connectivity index (χ3n) is 9.24. The lowest BCUT2D eigenvalue weighted by Crippen LogP contribution is -2.54. The number of fused-ring (bicyclic) bond motifs is 8. The van der Waals surface area contributed by atoms with Crippen molar-refractivity contribution in [2.45, 2.75) is 20.8 Å². The maximum Gasteiger partial charge on any atom is 0.248 e. The van der Waals surface area contributed by atoms with Crippen LogP contribution in [0.25, 0.3) is 44.2 Å². The molecule has 1 aromatic heterocycles. The Balaban J connectivity index is 1.35. The maximum absolute atomic E-state index is 6.31. The molecule has 9 rings (SSSR count). The highest BCUT2D eigenvalue weighted by molar-refractivity contribution is 7.01. The Bertz CT molecular complexity index is 2240. The van der Waals surface area contributed by atoms with Gasteiger partial charge in [0.25, 0.3) is 0 Å². The molecule has 3 heterocycles. The smallest absolute Gasteiger partial charge is 0.248 e. The summed E-state index contributed by atoms with van der Waals surface area (Å²) in [5, 5.41) is 2.32. The Morgan fingerprint density at radius 1 is 0.524 bits per heavy atom. The Hall–Kier alpha value is -5.02. The molecule has 0 amide bonds. The standard InChI is InChI=1S/C39H28BNO/c1-23-8-13-28(14-9-23)41-35-17-11-25(3)19-34(35)40-33-18-24(2)10-15-29(33)32-20-27(21-36(41)39(32)40)26-12-16-31-30-6-4-5-7-37(30)42-38(31)22-26/h4-22H,1-3H3. The highest BCUT2D eigenvalue weighted by Crippen LogP contribution is 2.43. The van der Waals surface area contributed by atoms with Gasteiger partial charge in [-0.3, -0.25) is 0 Å². The number of para-hydroxylation sites is 1. The summed E-state index contributed by atoms with van der Waals surface area (Å²) in [5.74, 6) is 0. The minimum atomic E-state index is 0.216. The first-order valence-electron chi connectivity index (χ1n) is 14.7. The molecule has 42 heavy (non-hydrogen) atoms. The summed E-state index contributed by atoms with van der Waals surface area (Å²) >= 11 is 0. The normalized spacial score (nSPS) is 13.0. The molecule has 0 unspecified atom stereocenters. The van der Waals surface area contributed by atoms with Crippen molar-refractivity contribution >= 4 is 62.1 Å². The van der Waals surface area contributed by atoms with Crippen LogP contribution in [0, 0.1) is 20.8 Å². The topological polar surface area (TPSA) is 16.4 Å². The molecule has 0 N–H and O–H groups in total. The van der Waals surface area contributed by atoms with Crippen molar-refractivity contribution in [2.24, 2.45) is 0 Å². The van der Waals surface area contributed by atoms with Crippen LogP contribution in [0.15, 0.2) is 120 Å². The zero-order valence-corrected chi connectivity index (χ0v) is 23.9. The van der Waals surface area contributed by atoms with Gasteiger partial charge in [0, 0.05) is 27.8 Å². The van der Waals surface area contributed by atoms with Crippen molar-refractivity contribution in [1.82, 2.24) is 0 Å². The molecular weight excluding hydrogens is 509 g/mol. The second kappa shape index (κ2) is 8.50. The van der Waals surface area contributed by atoms with E-state index in [-0.39, 0.29) is 6.71 Å². The second-order valence-corrected chi connectivity index (χ2v) is 12.0. The van der Waals surface area contributed by atoms with Gasteiger partial charge in [-0.1, -0.05) is 88.9 Å². The predicted octanol–water partition coefficient (Wildman–Crippen LogP) is 8.46. The van der Waals surface area contributed by atoms with E-state index in [0.29, 0.717) is 0 Å². The van der Waals surface area contributed by atoms with E-state index in [1.807, 2.05) is 12.1 Å². The molecule has 7 aromatic rings. The molecule has 0 saturated heterocycles. The average molecular weight is 537 g/mol. The van der Waals surface area contributed by atoms with Gasteiger partial charge in [-0.05, 0) is 102 Å². The number of aryl methyl sites for hydroxylation is 3. The number of nitrogens with zero attached hydrogens (tertiary/aromatic N) is 1. The molecular formula is C39H28BNO. The van der Waals surface area contributed by atoms with Gasteiger partial charge in [0.1, 0.15) is 11.2 Å². The van der Waals surface area contributed by atoms with Gasteiger partial charge in [0.05, 0.1) is 0 Å². The van der Waals surface area contributed by atoms with Crippen LogP contribution in [-0.2, 0) is 0 Å². The quantitative estimate of drug-likeness (QED) is 0.206. The van der Waals surface area contributed by atoms with E-state index >= 15 is 0 Å². The van der Waals surface area contributed by atoms with Gasteiger partial charge in [0.2, 0.25) is 6.71 Å². The Kier molecular flexibility index (Phi) is 4.79. The Morgan fingerprint density at radius 2 is 1.26 bits per heavy atom. The van der Waals surface area contributed by atoms with Crippen molar-refractivity contribution in [1.29, 1.82) is 0 Å². The summed E-state index contributed by atoms with van der Waals surface area (Å²) in [4.78, 5) is 2.48. The number of hydrogen-bond acceptors (Lipinski definition) is 2. The molecule has 0 aliphatic carbocycles. The summed E-state index contributed by atoms with van der Waals surface area (Å²) in [6.07, 6.45) is 0. The van der Waals surface area contributed by atoms with Crippen molar-refractivity contribution in [3.05, 3.63) is 132 Å². The van der Waals surface area contributed by atoms with Gasteiger partial charge in [-0.25, -0.2) is 0 Å². The van der Waals surface area contributed by atoms with E-state index in [0.717, 1.165) is 27.5 Å². The molecule has 0 radical (unpaired) electrons. The van der Waals surface area contributed by atoms with Crippen LogP contribution in [0.1, 0.15) is 16.7 Å². The molecule has 198 valence electrons. The minimum Gasteiger partial charge on any atom is -0.456 e. The molecule has 2 nitrogen and oxygen atoms in total. The van der Waals surface area contributed by atoms with E-state index < -0.39 is 0 Å². The highest BCUT2D eigenvalue weighted by atomic mass is 16.3. The number of rotatable bonds is 2. The summed E-state index contributed by atoms with van der Waals surface area (Å²) in [6, 6.07) is 42.7. The molecule has 3 heteroatoms. The highest BCUT2D eigenvalue weighted by Gasteiger charge is 2.42. The van der Waals surface area contributed by atoms with Crippen LogP contribution in [0.2, 0.25) is 0 Å². The van der Waals surface area contributed by atoms with Crippen LogP contribution in [0.3, 0.4) is 0 Å². The van der Waals surface area contributed by atoms with Gasteiger partial charge in [-0.15, -0.1) is 0 Å². The molecule has 0 saturated carbocycles. The maximum atomic E-state index is 6.31. The van der Waals surface area contributed by atoms with Crippen LogP contribution in [-0.4, -0.2) is 6.71 Å². The van der Waals surface area contributed by atoms with Crippen LogP contribution in [0.5, 0.6) is 0 Å². The molecule has 2 aliphatic rings. The number of anilines is 3. The molecule has 0 spiro atoms. The zero-order chi connectivity index (χ0) is 28.1. The number of furan rings is 1. The van der Waals surface area contributed by atoms with Crippen LogP contribution in [0.4, 0.5) is 17.1 Å². The fraction of sp³-hybridized carbons (Fsp3) is 0.0769. The molecule has 0 fully saturated rings. The van der Waals surface area contributed by atoms with E-state index in [1.165, 1.54) is 66.8 Å². The van der Waals surface area contributed by atoms with Gasteiger partial charge >= 0.3 is 0 Å². The molecule has 2 aliphatic heterocycles. The Labute approximate surface area is 245 Å².